The van der Waals surface area contributed by atoms with Crippen molar-refractivity contribution in [3.05, 3.63) is 82.6 Å². The van der Waals surface area contributed by atoms with Crippen LogP contribution in [-0.4, -0.2) is 13.7 Å². The van der Waals surface area contributed by atoms with E-state index < -0.39 is 0 Å². The Bertz CT molecular complexity index is 947. The normalized spacial score (nSPS) is 10.5. The molecule has 0 aliphatic rings. The summed E-state index contributed by atoms with van der Waals surface area (Å²) in [6.45, 7) is 3.20. The van der Waals surface area contributed by atoms with E-state index in [1.54, 1.807) is 25.3 Å². The number of halogens is 2. The Labute approximate surface area is 175 Å². The Hall–Kier alpha value is -2.92. The van der Waals surface area contributed by atoms with Crippen LogP contribution in [0.3, 0.4) is 0 Å². The zero-order valence-corrected chi connectivity index (χ0v) is 17.1. The molecule has 6 heteroatoms. The van der Waals surface area contributed by atoms with Crippen LogP contribution in [0.5, 0.6) is 17.2 Å². The van der Waals surface area contributed by atoms with Crippen molar-refractivity contribution >= 4 is 17.3 Å². The zero-order chi connectivity index (χ0) is 20.6. The molecule has 0 aliphatic carbocycles. The van der Waals surface area contributed by atoms with Gasteiger partial charge in [0.1, 0.15) is 18.2 Å². The molecular formula is C23H23ClFNO3. The van der Waals surface area contributed by atoms with E-state index in [2.05, 4.69) is 5.32 Å². The van der Waals surface area contributed by atoms with Crippen LogP contribution in [0.25, 0.3) is 0 Å². The predicted molar refractivity (Wildman–Crippen MR) is 114 cm³/mol. The lowest BCUT2D eigenvalue weighted by Crippen LogP contribution is -2.03. The highest BCUT2D eigenvalue weighted by molar-refractivity contribution is 6.32. The first-order chi connectivity index (χ1) is 14.1. The first-order valence-corrected chi connectivity index (χ1v) is 9.68. The molecule has 1 N–H and O–H groups in total. The third-order valence-corrected chi connectivity index (χ3v) is 4.56. The fourth-order valence-corrected chi connectivity index (χ4v) is 3.11. The summed E-state index contributed by atoms with van der Waals surface area (Å²) in [6, 6.07) is 17.9. The number of benzene rings is 3. The third-order valence-electron chi connectivity index (χ3n) is 4.28. The summed E-state index contributed by atoms with van der Waals surface area (Å²) in [5.74, 6) is 1.40. The van der Waals surface area contributed by atoms with Crippen molar-refractivity contribution in [2.45, 2.75) is 20.1 Å². The molecule has 0 saturated carbocycles. The zero-order valence-electron chi connectivity index (χ0n) is 16.4. The standard InChI is InChI=1S/C23H23ClFNO3/c1-3-28-19-10-8-18(9-11-19)26-14-16-12-20(24)23(22(13-16)27-2)29-15-17-6-4-5-7-21(17)25/h4-13,26H,3,14-15H2,1-2H3. The first kappa shape index (κ1) is 20.8. The minimum atomic E-state index is -0.321. The van der Waals surface area contributed by atoms with Gasteiger partial charge in [0.25, 0.3) is 0 Å². The van der Waals surface area contributed by atoms with E-state index in [0.29, 0.717) is 35.2 Å². The van der Waals surface area contributed by atoms with E-state index in [9.17, 15) is 4.39 Å². The Kier molecular flexibility index (Phi) is 7.19. The van der Waals surface area contributed by atoms with Gasteiger partial charge in [0, 0.05) is 17.8 Å². The van der Waals surface area contributed by atoms with E-state index in [-0.39, 0.29) is 12.4 Å². The Morgan fingerprint density at radius 3 is 2.45 bits per heavy atom. The lowest BCUT2D eigenvalue weighted by atomic mass is 10.2. The van der Waals surface area contributed by atoms with Gasteiger partial charge in [-0.05, 0) is 55.0 Å². The predicted octanol–water partition coefficient (Wildman–Crippen LogP) is 6.08. The van der Waals surface area contributed by atoms with E-state index in [1.165, 1.54) is 6.07 Å². The molecular weight excluding hydrogens is 393 g/mol. The van der Waals surface area contributed by atoms with Gasteiger partial charge in [-0.25, -0.2) is 4.39 Å². The fraction of sp³-hybridized carbons (Fsp3) is 0.217. The van der Waals surface area contributed by atoms with Gasteiger partial charge in [-0.3, -0.25) is 0 Å². The highest BCUT2D eigenvalue weighted by Crippen LogP contribution is 2.37. The molecule has 3 aromatic carbocycles. The van der Waals surface area contributed by atoms with Crippen LogP contribution in [0.1, 0.15) is 18.1 Å². The summed E-state index contributed by atoms with van der Waals surface area (Å²) in [4.78, 5) is 0. The van der Waals surface area contributed by atoms with E-state index in [4.69, 9.17) is 25.8 Å². The van der Waals surface area contributed by atoms with Crippen molar-refractivity contribution in [2.24, 2.45) is 0 Å². The van der Waals surface area contributed by atoms with Gasteiger partial charge in [-0.15, -0.1) is 0 Å². The molecule has 29 heavy (non-hydrogen) atoms. The monoisotopic (exact) mass is 415 g/mol. The molecule has 0 fully saturated rings. The van der Waals surface area contributed by atoms with Crippen molar-refractivity contribution in [1.29, 1.82) is 0 Å². The lowest BCUT2D eigenvalue weighted by Gasteiger charge is -2.15. The van der Waals surface area contributed by atoms with E-state index in [1.807, 2.05) is 43.3 Å². The maximum absolute atomic E-state index is 13.8. The van der Waals surface area contributed by atoms with Crippen molar-refractivity contribution in [3.63, 3.8) is 0 Å². The van der Waals surface area contributed by atoms with E-state index >= 15 is 0 Å². The van der Waals surface area contributed by atoms with Crippen LogP contribution in [0.4, 0.5) is 10.1 Å². The maximum Gasteiger partial charge on any atom is 0.180 e. The number of methoxy groups -OCH3 is 1. The fourth-order valence-electron chi connectivity index (χ4n) is 2.82. The molecule has 0 bridgehead atoms. The van der Waals surface area contributed by atoms with Gasteiger partial charge in [0.15, 0.2) is 11.5 Å². The van der Waals surface area contributed by atoms with Crippen molar-refractivity contribution in [3.8, 4) is 17.2 Å². The smallest absolute Gasteiger partial charge is 0.180 e. The summed E-state index contributed by atoms with van der Waals surface area (Å²) < 4.78 is 30.4. The number of rotatable bonds is 9. The van der Waals surface area contributed by atoms with Crippen LogP contribution in [0.15, 0.2) is 60.7 Å². The SMILES string of the molecule is CCOc1ccc(NCc2cc(Cl)c(OCc3ccccc3F)c(OC)c2)cc1. The number of ether oxygens (including phenoxy) is 3. The molecule has 0 radical (unpaired) electrons. The molecule has 4 nitrogen and oxygen atoms in total. The second-order valence-electron chi connectivity index (χ2n) is 6.30. The van der Waals surface area contributed by atoms with Crippen LogP contribution in [0, 0.1) is 5.82 Å². The average Bonchev–Trinajstić information content (AvgIpc) is 2.73. The molecule has 0 unspecified atom stereocenters. The molecule has 3 aromatic rings. The average molecular weight is 416 g/mol. The summed E-state index contributed by atoms with van der Waals surface area (Å²) in [5, 5.41) is 3.74. The lowest BCUT2D eigenvalue weighted by molar-refractivity contribution is 0.280. The second-order valence-corrected chi connectivity index (χ2v) is 6.71. The minimum Gasteiger partial charge on any atom is -0.494 e. The molecule has 0 aromatic heterocycles. The highest BCUT2D eigenvalue weighted by atomic mass is 35.5. The van der Waals surface area contributed by atoms with Gasteiger partial charge in [0.2, 0.25) is 0 Å². The van der Waals surface area contributed by atoms with Crippen molar-refractivity contribution < 1.29 is 18.6 Å². The summed E-state index contributed by atoms with van der Waals surface area (Å²) in [7, 11) is 1.55. The summed E-state index contributed by atoms with van der Waals surface area (Å²) in [6.07, 6.45) is 0. The number of hydrogen-bond acceptors (Lipinski definition) is 4. The molecule has 0 amide bonds. The highest BCUT2D eigenvalue weighted by Gasteiger charge is 2.13. The quantitative estimate of drug-likeness (QED) is 0.460. The van der Waals surface area contributed by atoms with Crippen LogP contribution >= 0.6 is 11.6 Å². The molecule has 0 spiro atoms. The topological polar surface area (TPSA) is 39.7 Å². The van der Waals surface area contributed by atoms with Gasteiger partial charge in [-0.2, -0.15) is 0 Å². The number of hydrogen-bond donors (Lipinski definition) is 1. The molecule has 3 rings (SSSR count). The Morgan fingerprint density at radius 2 is 1.76 bits per heavy atom. The number of nitrogens with one attached hydrogen (secondary N) is 1. The summed E-state index contributed by atoms with van der Waals surface area (Å²) >= 11 is 6.41. The largest absolute Gasteiger partial charge is 0.494 e. The molecule has 0 atom stereocenters. The third kappa shape index (κ3) is 5.55. The minimum absolute atomic E-state index is 0.0620. The molecule has 0 aliphatic heterocycles. The Morgan fingerprint density at radius 1 is 1.00 bits per heavy atom. The summed E-state index contributed by atoms with van der Waals surface area (Å²) in [5.41, 5.74) is 2.34. The molecule has 0 heterocycles. The van der Waals surface area contributed by atoms with Crippen LogP contribution in [0.2, 0.25) is 5.02 Å². The van der Waals surface area contributed by atoms with Gasteiger partial charge < -0.3 is 19.5 Å². The molecule has 152 valence electrons. The van der Waals surface area contributed by atoms with Crippen LogP contribution in [-0.2, 0) is 13.2 Å². The van der Waals surface area contributed by atoms with Crippen molar-refractivity contribution in [2.75, 3.05) is 19.0 Å². The Balaban J connectivity index is 1.68. The van der Waals surface area contributed by atoms with E-state index in [0.717, 1.165) is 17.0 Å². The van der Waals surface area contributed by atoms with Gasteiger partial charge >= 0.3 is 0 Å². The van der Waals surface area contributed by atoms with Crippen LogP contribution < -0.4 is 19.5 Å². The first-order valence-electron chi connectivity index (χ1n) is 9.30. The van der Waals surface area contributed by atoms with Gasteiger partial charge in [0.05, 0.1) is 18.7 Å². The van der Waals surface area contributed by atoms with Crippen molar-refractivity contribution in [1.82, 2.24) is 0 Å². The number of anilines is 1. The second kappa shape index (κ2) is 10.0. The van der Waals surface area contributed by atoms with Gasteiger partial charge in [-0.1, -0.05) is 29.8 Å². The molecule has 0 saturated heterocycles. The maximum atomic E-state index is 13.8.